The smallest absolute Gasteiger partial charge is 0 e. The summed E-state index contributed by atoms with van der Waals surface area (Å²) in [5, 5.41) is 0. The Hall–Kier alpha value is 2.74. The van der Waals surface area contributed by atoms with Crippen molar-refractivity contribution in [3.63, 3.8) is 0 Å². The van der Waals surface area contributed by atoms with Crippen LogP contribution in [0.5, 0.6) is 0 Å². The van der Waals surface area contributed by atoms with Crippen LogP contribution in [0.1, 0.15) is 0 Å². The van der Waals surface area contributed by atoms with E-state index in [0.29, 0.717) is 0 Å². The van der Waals surface area contributed by atoms with Crippen molar-refractivity contribution in [1.82, 2.24) is 0 Å². The van der Waals surface area contributed by atoms with Crippen LogP contribution >= 0.6 is 0 Å². The second kappa shape index (κ2) is 29.5. The van der Waals surface area contributed by atoms with Crippen LogP contribution in [0.4, 0.5) is 0 Å². The van der Waals surface area contributed by atoms with Gasteiger partial charge >= 0.3 is 0 Å². The van der Waals surface area contributed by atoms with Gasteiger partial charge in [0.15, 0.2) is 0 Å². The molecule has 0 atom stereocenters. The molecule has 0 aromatic heterocycles. The van der Waals surface area contributed by atoms with E-state index < -0.39 is 0 Å². The van der Waals surface area contributed by atoms with Crippen molar-refractivity contribution in [2.75, 3.05) is 0 Å². The summed E-state index contributed by atoms with van der Waals surface area (Å²) in [4.78, 5) is 0. The van der Waals surface area contributed by atoms with Crippen molar-refractivity contribution in [2.45, 2.75) is 0 Å². The molecule has 0 aromatic rings. The molecule has 0 fully saturated rings. The fraction of sp³-hybridized carbons (Fsp3) is 0. The zero-order chi connectivity index (χ0) is 0. The van der Waals surface area contributed by atoms with Gasteiger partial charge in [0.25, 0.3) is 0 Å². The molecule has 0 saturated carbocycles. The Bertz CT molecular complexity index is 3.61. The van der Waals surface area contributed by atoms with Crippen LogP contribution in [0.15, 0.2) is 0 Å². The topological polar surface area (TPSA) is 0 Å². The average molecular weight is 294 g/mol. The van der Waals surface area contributed by atoms with Crippen molar-refractivity contribution in [2.24, 2.45) is 0 Å². The SMILES string of the molecule is [Cl-].[Cl-].[Cl-].[Cl-].[Eu]. The van der Waals surface area contributed by atoms with E-state index in [2.05, 4.69) is 0 Å². The molecule has 0 N–H and O–H groups in total. The molecule has 0 aliphatic heterocycles. The number of hydrogen-bond donors (Lipinski definition) is 0. The average Bonchev–Trinajstić information content (AvgIpc) is 0. The summed E-state index contributed by atoms with van der Waals surface area (Å²) in [6.07, 6.45) is 0. The van der Waals surface area contributed by atoms with Gasteiger partial charge in [-0.15, -0.1) is 0 Å². The number of hydrogen-bond acceptors (Lipinski definition) is 0. The summed E-state index contributed by atoms with van der Waals surface area (Å²) >= 11 is 0. The monoisotopic (exact) mass is 293 g/mol. The van der Waals surface area contributed by atoms with Crippen LogP contribution in [0.25, 0.3) is 0 Å². The fourth-order valence-corrected chi connectivity index (χ4v) is 0. The molecule has 0 nitrogen and oxygen atoms in total. The fourth-order valence-electron chi connectivity index (χ4n) is 0. The first-order chi connectivity index (χ1) is 0. The van der Waals surface area contributed by atoms with Crippen LogP contribution < -0.4 is 49.6 Å². The summed E-state index contributed by atoms with van der Waals surface area (Å²) in [5.74, 6) is 0. The van der Waals surface area contributed by atoms with Gasteiger partial charge in [-0.3, -0.25) is 0 Å². The van der Waals surface area contributed by atoms with Gasteiger partial charge < -0.3 is 49.6 Å². The van der Waals surface area contributed by atoms with Gasteiger partial charge in [-0.1, -0.05) is 0 Å². The van der Waals surface area contributed by atoms with E-state index >= 15 is 0 Å². The first kappa shape index (κ1) is 46.8. The summed E-state index contributed by atoms with van der Waals surface area (Å²) in [6, 6.07) is 0. The molecular formula is Cl4Eu-4. The van der Waals surface area contributed by atoms with E-state index in [4.69, 9.17) is 0 Å². The Morgan fingerprint density at radius 1 is 0.400 bits per heavy atom. The van der Waals surface area contributed by atoms with Gasteiger partial charge in [-0.05, 0) is 0 Å². The predicted octanol–water partition coefficient (Wildman–Crippen LogP) is -12.0. The molecule has 0 rings (SSSR count). The van der Waals surface area contributed by atoms with Crippen LogP contribution in [0.3, 0.4) is 0 Å². The Morgan fingerprint density at radius 2 is 0.400 bits per heavy atom. The minimum absolute atomic E-state index is 0. The minimum Gasteiger partial charge on any atom is -1.00 e. The van der Waals surface area contributed by atoms with Crippen LogP contribution in [-0.2, 0) is 0 Å². The van der Waals surface area contributed by atoms with Crippen LogP contribution in [-0.4, -0.2) is 0 Å². The summed E-state index contributed by atoms with van der Waals surface area (Å²) in [6.45, 7) is 0. The molecule has 39 valence electrons. The van der Waals surface area contributed by atoms with Crippen molar-refractivity contribution in [3.05, 3.63) is 0 Å². The van der Waals surface area contributed by atoms with Gasteiger partial charge in [0, 0.05) is 49.4 Å². The van der Waals surface area contributed by atoms with Gasteiger partial charge in [0.1, 0.15) is 0 Å². The summed E-state index contributed by atoms with van der Waals surface area (Å²) < 4.78 is 0. The van der Waals surface area contributed by atoms with Gasteiger partial charge in [-0.25, -0.2) is 0 Å². The molecule has 0 amide bonds. The van der Waals surface area contributed by atoms with E-state index in [0.717, 1.165) is 0 Å². The largest absolute Gasteiger partial charge is 1.00 e. The van der Waals surface area contributed by atoms with E-state index in [1.54, 1.807) is 0 Å². The molecule has 0 saturated heterocycles. The second-order valence-corrected chi connectivity index (χ2v) is 0. The molecule has 0 spiro atoms. The third-order valence-corrected chi connectivity index (χ3v) is 0. The zero-order valence-electron chi connectivity index (χ0n) is 1.89. The first-order valence-corrected chi connectivity index (χ1v) is 0. The molecule has 5 heavy (non-hydrogen) atoms. The summed E-state index contributed by atoms with van der Waals surface area (Å²) in [7, 11) is 0. The maximum absolute atomic E-state index is 0. The van der Waals surface area contributed by atoms with Crippen LogP contribution in [0.2, 0.25) is 0 Å². The van der Waals surface area contributed by atoms with Gasteiger partial charge in [0.05, 0.1) is 0 Å². The molecule has 5 heteroatoms. The zero-order valence-corrected chi connectivity index (χ0v) is 7.34. The normalized spacial score (nSPS) is 0. The van der Waals surface area contributed by atoms with Crippen LogP contribution in [0, 0.1) is 49.4 Å². The predicted molar refractivity (Wildman–Crippen MR) is 0 cm³/mol. The second-order valence-electron chi connectivity index (χ2n) is 0. The molecule has 1 radical (unpaired) electrons. The van der Waals surface area contributed by atoms with E-state index in [9.17, 15) is 0 Å². The minimum atomic E-state index is 0. The molecule has 0 heterocycles. The van der Waals surface area contributed by atoms with E-state index in [1.165, 1.54) is 0 Å². The summed E-state index contributed by atoms with van der Waals surface area (Å²) in [5.41, 5.74) is 0. The van der Waals surface area contributed by atoms with Crippen molar-refractivity contribution in [3.8, 4) is 0 Å². The Labute approximate surface area is 97.0 Å². The molecule has 0 aromatic carbocycles. The number of halogens is 4. The molecule has 0 unspecified atom stereocenters. The maximum Gasteiger partial charge on any atom is 0 e. The molecular weight excluding hydrogens is 294 g/mol. The Balaban J connectivity index is 0. The number of rotatable bonds is 0. The van der Waals surface area contributed by atoms with E-state index in [-0.39, 0.29) is 99.0 Å². The first-order valence-electron chi connectivity index (χ1n) is 0. The quantitative estimate of drug-likeness (QED) is 0.416. The molecule has 0 aliphatic rings. The molecule has 0 bridgehead atoms. The van der Waals surface area contributed by atoms with Crippen molar-refractivity contribution >= 4 is 0 Å². The molecule has 0 aliphatic carbocycles. The van der Waals surface area contributed by atoms with Gasteiger partial charge in [0.2, 0.25) is 0 Å². The van der Waals surface area contributed by atoms with Crippen molar-refractivity contribution in [1.29, 1.82) is 0 Å². The van der Waals surface area contributed by atoms with Crippen molar-refractivity contribution < 1.29 is 99.0 Å². The van der Waals surface area contributed by atoms with Gasteiger partial charge in [-0.2, -0.15) is 0 Å². The standard InChI is InChI=1S/4ClH.Eu/h4*1H;/p-4. The Morgan fingerprint density at radius 3 is 0.400 bits per heavy atom. The third kappa shape index (κ3) is 20.2. The maximum atomic E-state index is 0. The van der Waals surface area contributed by atoms with E-state index in [1.807, 2.05) is 0 Å². The Kier molecular flexibility index (Phi) is 276. The third-order valence-electron chi connectivity index (χ3n) is 0.